The first-order valence-corrected chi connectivity index (χ1v) is 4.89. The van der Waals surface area contributed by atoms with Crippen molar-refractivity contribution in [2.24, 2.45) is 0 Å². The summed E-state index contributed by atoms with van der Waals surface area (Å²) in [4.78, 5) is 0.502. The Balaban J connectivity index is 2.42. The zero-order valence-electron chi connectivity index (χ0n) is 8.01. The van der Waals surface area contributed by atoms with E-state index >= 15 is 0 Å². The van der Waals surface area contributed by atoms with Crippen LogP contribution in [0.3, 0.4) is 0 Å². The molecule has 0 amide bonds. The molecule has 0 atom stereocenters. The van der Waals surface area contributed by atoms with Gasteiger partial charge in [0, 0.05) is 6.07 Å². The van der Waals surface area contributed by atoms with E-state index in [2.05, 4.69) is 5.10 Å². The fourth-order valence-electron chi connectivity index (χ4n) is 2.15. The zero-order valence-corrected chi connectivity index (χ0v) is 8.01. The molecular weight excluding hydrogens is 194 g/mol. The third kappa shape index (κ3) is 1.12. The first kappa shape index (κ1) is 8.40. The standard InChI is InChI=1S/C10H9N3O2/c14-12-6-11-13(15)10-5-8-3-1-2-7(8)4-9(10)12/h4-6H,1-3H2. The minimum absolute atomic E-state index is 0.355. The SMILES string of the molecule is [O-][n+]1cn[n+]([O-])c2cc3c(cc21)CCC3. The van der Waals surface area contributed by atoms with Gasteiger partial charge in [0.25, 0.3) is 0 Å². The molecule has 0 unspecified atom stereocenters. The summed E-state index contributed by atoms with van der Waals surface area (Å²) in [6.07, 6.45) is 4.07. The number of rotatable bonds is 0. The maximum Gasteiger partial charge on any atom is 0.365 e. The summed E-state index contributed by atoms with van der Waals surface area (Å²) < 4.78 is 0.641. The normalized spacial score (nSPS) is 14.4. The molecule has 0 fully saturated rings. The van der Waals surface area contributed by atoms with Crippen LogP contribution in [-0.2, 0) is 12.8 Å². The molecule has 0 saturated heterocycles. The van der Waals surface area contributed by atoms with Gasteiger partial charge < -0.3 is 10.4 Å². The van der Waals surface area contributed by atoms with Gasteiger partial charge in [0.2, 0.25) is 10.6 Å². The molecule has 15 heavy (non-hydrogen) atoms. The molecule has 0 N–H and O–H groups in total. The van der Waals surface area contributed by atoms with Crippen LogP contribution >= 0.6 is 0 Å². The fourth-order valence-corrected chi connectivity index (χ4v) is 2.15. The molecule has 5 nitrogen and oxygen atoms in total. The Morgan fingerprint density at radius 3 is 2.47 bits per heavy atom. The highest BCUT2D eigenvalue weighted by Gasteiger charge is 2.20. The molecule has 0 saturated carbocycles. The highest BCUT2D eigenvalue weighted by Crippen LogP contribution is 2.24. The van der Waals surface area contributed by atoms with Gasteiger partial charge in [-0.2, -0.15) is 0 Å². The van der Waals surface area contributed by atoms with Gasteiger partial charge in [-0.05, 0) is 36.5 Å². The zero-order chi connectivity index (χ0) is 10.4. The minimum Gasteiger partial charge on any atom is -0.710 e. The van der Waals surface area contributed by atoms with Gasteiger partial charge in [0.05, 0.1) is 4.85 Å². The van der Waals surface area contributed by atoms with Crippen LogP contribution in [0, 0.1) is 10.4 Å². The molecule has 2 aromatic rings. The van der Waals surface area contributed by atoms with Gasteiger partial charge in [-0.15, -0.1) is 0 Å². The number of benzene rings is 1. The van der Waals surface area contributed by atoms with Crippen LogP contribution < -0.4 is 9.58 Å². The van der Waals surface area contributed by atoms with Crippen LogP contribution in [0.15, 0.2) is 18.5 Å². The van der Waals surface area contributed by atoms with E-state index in [1.807, 2.05) is 0 Å². The Kier molecular flexibility index (Phi) is 1.56. The second kappa shape index (κ2) is 2.79. The summed E-state index contributed by atoms with van der Waals surface area (Å²) in [5.41, 5.74) is 3.10. The summed E-state index contributed by atoms with van der Waals surface area (Å²) in [6.45, 7) is 0. The average molecular weight is 203 g/mol. The number of nitrogens with zero attached hydrogens (tertiary/aromatic N) is 3. The first-order chi connectivity index (χ1) is 7.25. The molecule has 1 aromatic heterocycles. The van der Waals surface area contributed by atoms with E-state index in [-0.39, 0.29) is 0 Å². The molecular formula is C10H9N3O2. The molecule has 5 heteroatoms. The molecule has 0 spiro atoms. The van der Waals surface area contributed by atoms with E-state index in [0.717, 1.165) is 25.6 Å². The Morgan fingerprint density at radius 2 is 1.73 bits per heavy atom. The van der Waals surface area contributed by atoms with Crippen molar-refractivity contribution >= 4 is 11.0 Å². The van der Waals surface area contributed by atoms with Crippen LogP contribution in [0.2, 0.25) is 0 Å². The maximum absolute atomic E-state index is 11.4. The molecule has 0 radical (unpaired) electrons. The largest absolute Gasteiger partial charge is 0.710 e. The number of fused-ring (bicyclic) bond motifs is 2. The van der Waals surface area contributed by atoms with Gasteiger partial charge in [-0.1, -0.05) is 0 Å². The van der Waals surface area contributed by atoms with Crippen molar-refractivity contribution in [1.82, 2.24) is 5.10 Å². The Hall–Kier alpha value is -1.91. The van der Waals surface area contributed by atoms with E-state index in [4.69, 9.17) is 0 Å². The van der Waals surface area contributed by atoms with E-state index in [1.54, 1.807) is 12.1 Å². The lowest BCUT2D eigenvalue weighted by molar-refractivity contribution is -0.680. The van der Waals surface area contributed by atoms with Crippen LogP contribution in [0.1, 0.15) is 17.5 Å². The summed E-state index contributed by atoms with van der Waals surface area (Å²) in [5, 5.41) is 26.3. The van der Waals surface area contributed by atoms with Gasteiger partial charge >= 0.3 is 11.8 Å². The minimum atomic E-state index is 0.355. The lowest BCUT2D eigenvalue weighted by Crippen LogP contribution is -2.41. The van der Waals surface area contributed by atoms with Crippen molar-refractivity contribution in [3.63, 3.8) is 0 Å². The highest BCUT2D eigenvalue weighted by atomic mass is 16.5. The fraction of sp³-hybridized carbons (Fsp3) is 0.300. The number of aryl methyl sites for hydroxylation is 2. The van der Waals surface area contributed by atoms with Crippen molar-refractivity contribution < 1.29 is 9.58 Å². The van der Waals surface area contributed by atoms with E-state index in [1.165, 1.54) is 11.1 Å². The van der Waals surface area contributed by atoms with Gasteiger partial charge in [0.1, 0.15) is 0 Å². The number of aromatic nitrogens is 3. The van der Waals surface area contributed by atoms with Crippen molar-refractivity contribution in [1.29, 1.82) is 0 Å². The molecule has 76 valence electrons. The third-order valence-corrected chi connectivity index (χ3v) is 2.89. The summed E-state index contributed by atoms with van der Waals surface area (Å²) in [6, 6.07) is 3.59. The smallest absolute Gasteiger partial charge is 0.365 e. The van der Waals surface area contributed by atoms with Crippen LogP contribution in [-0.4, -0.2) is 5.10 Å². The van der Waals surface area contributed by atoms with E-state index in [9.17, 15) is 10.4 Å². The predicted molar refractivity (Wildman–Crippen MR) is 51.7 cm³/mol. The second-order valence-electron chi connectivity index (χ2n) is 3.79. The van der Waals surface area contributed by atoms with Crippen LogP contribution in [0.4, 0.5) is 0 Å². The maximum atomic E-state index is 11.4. The Bertz CT molecular complexity index is 505. The lowest BCUT2D eigenvalue weighted by Gasteiger charge is -2.04. The molecule has 0 aliphatic heterocycles. The first-order valence-electron chi connectivity index (χ1n) is 4.89. The monoisotopic (exact) mass is 203 g/mol. The van der Waals surface area contributed by atoms with Gasteiger partial charge in [-0.25, -0.2) is 4.73 Å². The number of hydrogen-bond acceptors (Lipinski definition) is 3. The van der Waals surface area contributed by atoms with Crippen LogP contribution in [0.5, 0.6) is 0 Å². The highest BCUT2D eigenvalue weighted by molar-refractivity contribution is 5.70. The second-order valence-corrected chi connectivity index (χ2v) is 3.79. The average Bonchev–Trinajstić information content (AvgIpc) is 2.69. The molecule has 1 aromatic carbocycles. The van der Waals surface area contributed by atoms with E-state index in [0.29, 0.717) is 20.6 Å². The van der Waals surface area contributed by atoms with Crippen molar-refractivity contribution in [2.45, 2.75) is 19.3 Å². The summed E-state index contributed by atoms with van der Waals surface area (Å²) in [7, 11) is 0. The molecule has 3 rings (SSSR count). The topological polar surface area (TPSA) is 66.8 Å². The predicted octanol–water partition coefficient (Wildman–Crippen LogP) is -0.00970. The lowest BCUT2D eigenvalue weighted by atomic mass is 10.1. The van der Waals surface area contributed by atoms with Crippen molar-refractivity contribution in [2.75, 3.05) is 0 Å². The summed E-state index contributed by atoms with van der Waals surface area (Å²) in [5.74, 6) is 0. The Morgan fingerprint density at radius 1 is 1.07 bits per heavy atom. The molecule has 1 heterocycles. The van der Waals surface area contributed by atoms with E-state index < -0.39 is 0 Å². The van der Waals surface area contributed by atoms with Gasteiger partial charge in [-0.3, -0.25) is 0 Å². The molecule has 1 aliphatic rings. The summed E-state index contributed by atoms with van der Waals surface area (Å²) >= 11 is 0. The van der Waals surface area contributed by atoms with Crippen molar-refractivity contribution in [3.8, 4) is 0 Å². The number of hydrogen-bond donors (Lipinski definition) is 0. The molecule has 1 aliphatic carbocycles. The quantitative estimate of drug-likeness (QED) is 0.446. The third-order valence-electron chi connectivity index (χ3n) is 2.89. The van der Waals surface area contributed by atoms with Crippen LogP contribution in [0.25, 0.3) is 11.0 Å². The van der Waals surface area contributed by atoms with Crippen molar-refractivity contribution in [3.05, 3.63) is 40.0 Å². The molecule has 0 bridgehead atoms. The van der Waals surface area contributed by atoms with Gasteiger partial charge in [0.15, 0.2) is 0 Å². The Labute approximate surface area is 85.7 Å².